The molecule has 2 aliphatic heterocycles. The molecule has 2 aromatic heterocycles. The van der Waals surface area contributed by atoms with Gasteiger partial charge < -0.3 is 25.4 Å². The predicted molar refractivity (Wildman–Crippen MR) is 65.4 cm³/mol. The van der Waals surface area contributed by atoms with E-state index in [4.69, 9.17) is 15.2 Å². The summed E-state index contributed by atoms with van der Waals surface area (Å²) in [4.78, 5) is 12.2. The van der Waals surface area contributed by atoms with E-state index in [1.807, 2.05) is 0 Å². The lowest BCUT2D eigenvalue weighted by molar-refractivity contribution is -0.185. The summed E-state index contributed by atoms with van der Waals surface area (Å²) < 4.78 is 13.0. The SMILES string of the molecule is Nc1ncnc2c1ncn2[C@@H]1O[C@@]2(CO)COC1[C@@H]2O. The molecular weight excluding hydrogens is 266 g/mol. The average molecular weight is 279 g/mol. The third-order valence-electron chi connectivity index (χ3n) is 3.94. The summed E-state index contributed by atoms with van der Waals surface area (Å²) in [5.41, 5.74) is 5.62. The Hall–Kier alpha value is -1.81. The molecule has 0 radical (unpaired) electrons. The summed E-state index contributed by atoms with van der Waals surface area (Å²) in [5, 5.41) is 19.6. The van der Waals surface area contributed by atoms with Crippen molar-refractivity contribution in [2.45, 2.75) is 24.0 Å². The minimum atomic E-state index is -1.08. The zero-order chi connectivity index (χ0) is 13.9. The Morgan fingerprint density at radius 1 is 1.45 bits per heavy atom. The normalized spacial score (nSPS) is 36.0. The van der Waals surface area contributed by atoms with Gasteiger partial charge in [-0.1, -0.05) is 0 Å². The molecule has 2 saturated heterocycles. The van der Waals surface area contributed by atoms with Crippen molar-refractivity contribution in [3.63, 3.8) is 0 Å². The van der Waals surface area contributed by atoms with Gasteiger partial charge in [0, 0.05) is 0 Å². The maximum absolute atomic E-state index is 10.2. The number of imidazole rings is 1. The minimum Gasteiger partial charge on any atom is -0.393 e. The van der Waals surface area contributed by atoms with Crippen LogP contribution in [0.15, 0.2) is 12.7 Å². The second-order valence-electron chi connectivity index (χ2n) is 5.03. The number of anilines is 1. The number of nitrogens with two attached hydrogens (primary N) is 1. The molecule has 0 spiro atoms. The van der Waals surface area contributed by atoms with E-state index in [1.165, 1.54) is 12.7 Å². The molecule has 9 heteroatoms. The van der Waals surface area contributed by atoms with E-state index >= 15 is 0 Å². The summed E-state index contributed by atoms with van der Waals surface area (Å²) in [7, 11) is 0. The smallest absolute Gasteiger partial charge is 0.167 e. The molecular formula is C11H13N5O4. The van der Waals surface area contributed by atoms with Gasteiger partial charge in [-0.2, -0.15) is 0 Å². The molecule has 2 fully saturated rings. The van der Waals surface area contributed by atoms with Gasteiger partial charge in [-0.15, -0.1) is 0 Å². The first-order valence-corrected chi connectivity index (χ1v) is 6.18. The topological polar surface area (TPSA) is 129 Å². The van der Waals surface area contributed by atoms with Crippen molar-refractivity contribution in [1.29, 1.82) is 0 Å². The highest BCUT2D eigenvalue weighted by atomic mass is 16.7. The molecule has 20 heavy (non-hydrogen) atoms. The molecule has 2 aromatic rings. The van der Waals surface area contributed by atoms with Crippen LogP contribution in [0.3, 0.4) is 0 Å². The second kappa shape index (κ2) is 3.85. The first-order chi connectivity index (χ1) is 9.66. The molecule has 4 heterocycles. The Balaban J connectivity index is 1.80. The molecule has 0 saturated carbocycles. The fourth-order valence-electron chi connectivity index (χ4n) is 2.81. The molecule has 0 amide bonds. The van der Waals surface area contributed by atoms with Crippen LogP contribution in [0.1, 0.15) is 6.23 Å². The maximum atomic E-state index is 10.2. The van der Waals surface area contributed by atoms with E-state index < -0.39 is 24.0 Å². The van der Waals surface area contributed by atoms with Crippen LogP contribution in [0, 0.1) is 0 Å². The number of nitrogen functional groups attached to an aromatic ring is 1. The lowest BCUT2D eigenvalue weighted by atomic mass is 10.0. The van der Waals surface area contributed by atoms with Crippen LogP contribution in [-0.4, -0.2) is 60.8 Å². The zero-order valence-corrected chi connectivity index (χ0v) is 10.4. The molecule has 9 nitrogen and oxygen atoms in total. The van der Waals surface area contributed by atoms with Crippen LogP contribution in [0.4, 0.5) is 5.82 Å². The zero-order valence-electron chi connectivity index (χ0n) is 10.4. The van der Waals surface area contributed by atoms with Gasteiger partial charge in [0.25, 0.3) is 0 Å². The van der Waals surface area contributed by atoms with Crippen molar-refractivity contribution in [3.8, 4) is 0 Å². The Kier molecular flexibility index (Phi) is 2.31. The third kappa shape index (κ3) is 1.32. The highest BCUT2D eigenvalue weighted by Crippen LogP contribution is 2.45. The molecule has 2 aliphatic rings. The third-order valence-corrected chi connectivity index (χ3v) is 3.94. The largest absolute Gasteiger partial charge is 0.393 e. The molecule has 106 valence electrons. The molecule has 4 atom stereocenters. The number of hydrogen-bond acceptors (Lipinski definition) is 8. The van der Waals surface area contributed by atoms with Gasteiger partial charge in [-0.25, -0.2) is 15.0 Å². The van der Waals surface area contributed by atoms with Crippen molar-refractivity contribution >= 4 is 17.0 Å². The average Bonchev–Trinajstić information content (AvgIpc) is 3.10. The summed E-state index contributed by atoms with van der Waals surface area (Å²) in [5.74, 6) is 0.273. The number of nitrogens with zero attached hydrogens (tertiary/aromatic N) is 4. The van der Waals surface area contributed by atoms with E-state index in [0.29, 0.717) is 11.2 Å². The van der Waals surface area contributed by atoms with Crippen molar-refractivity contribution in [1.82, 2.24) is 19.5 Å². The lowest BCUT2D eigenvalue weighted by Gasteiger charge is -2.29. The molecule has 0 aliphatic carbocycles. The molecule has 4 rings (SSSR count). The van der Waals surface area contributed by atoms with Gasteiger partial charge in [-0.05, 0) is 0 Å². The monoisotopic (exact) mass is 279 g/mol. The van der Waals surface area contributed by atoms with Crippen LogP contribution in [0.5, 0.6) is 0 Å². The number of rotatable bonds is 2. The number of ether oxygens (including phenoxy) is 2. The number of hydrogen-bond donors (Lipinski definition) is 3. The van der Waals surface area contributed by atoms with Gasteiger partial charge >= 0.3 is 0 Å². The molecule has 1 unspecified atom stereocenters. The predicted octanol–water partition coefficient (Wildman–Crippen LogP) is -1.57. The number of fused-ring (bicyclic) bond motifs is 3. The van der Waals surface area contributed by atoms with Crippen LogP contribution in [-0.2, 0) is 9.47 Å². The van der Waals surface area contributed by atoms with Crippen LogP contribution in [0.2, 0.25) is 0 Å². The van der Waals surface area contributed by atoms with E-state index in [0.717, 1.165) is 0 Å². The molecule has 0 aromatic carbocycles. The first kappa shape index (κ1) is 12.0. The van der Waals surface area contributed by atoms with E-state index in [9.17, 15) is 10.2 Å². The Labute approximate surface area is 113 Å². The Bertz CT molecular complexity index is 676. The van der Waals surface area contributed by atoms with E-state index in [1.54, 1.807) is 4.57 Å². The van der Waals surface area contributed by atoms with Gasteiger partial charge in [0.15, 0.2) is 17.7 Å². The highest BCUT2D eigenvalue weighted by Gasteiger charge is 2.61. The summed E-state index contributed by atoms with van der Waals surface area (Å²) in [6.45, 7) is -0.152. The lowest BCUT2D eigenvalue weighted by Crippen LogP contribution is -2.44. The molecule has 4 N–H and O–H groups in total. The van der Waals surface area contributed by atoms with Crippen LogP contribution >= 0.6 is 0 Å². The number of aliphatic hydroxyl groups excluding tert-OH is 2. The van der Waals surface area contributed by atoms with Gasteiger partial charge in [0.1, 0.15) is 29.7 Å². The van der Waals surface area contributed by atoms with Crippen molar-refractivity contribution in [2.75, 3.05) is 18.9 Å². The van der Waals surface area contributed by atoms with E-state index in [-0.39, 0.29) is 19.0 Å². The highest BCUT2D eigenvalue weighted by molar-refractivity contribution is 5.81. The van der Waals surface area contributed by atoms with Gasteiger partial charge in [-0.3, -0.25) is 4.57 Å². The fraction of sp³-hybridized carbons (Fsp3) is 0.545. The van der Waals surface area contributed by atoms with Crippen LogP contribution in [0.25, 0.3) is 11.2 Å². The van der Waals surface area contributed by atoms with Crippen molar-refractivity contribution < 1.29 is 19.7 Å². The Morgan fingerprint density at radius 3 is 3.05 bits per heavy atom. The quantitative estimate of drug-likeness (QED) is 0.601. The number of aromatic nitrogens is 4. The van der Waals surface area contributed by atoms with Crippen LogP contribution < -0.4 is 5.73 Å². The van der Waals surface area contributed by atoms with Gasteiger partial charge in [0.05, 0.1) is 19.5 Å². The van der Waals surface area contributed by atoms with E-state index in [2.05, 4.69) is 15.0 Å². The first-order valence-electron chi connectivity index (χ1n) is 6.18. The van der Waals surface area contributed by atoms with Crippen molar-refractivity contribution in [2.24, 2.45) is 0 Å². The molecule has 2 bridgehead atoms. The summed E-state index contributed by atoms with van der Waals surface area (Å²) in [6.07, 6.45) is 0.778. The Morgan fingerprint density at radius 2 is 2.30 bits per heavy atom. The fourth-order valence-corrected chi connectivity index (χ4v) is 2.81. The number of aliphatic hydroxyl groups is 2. The van der Waals surface area contributed by atoms with Gasteiger partial charge in [0.2, 0.25) is 0 Å². The standard InChI is InChI=1S/C11H13N5O4/c12-8-5-9(14-3-13-8)16(4-15-5)10-6-7(18)11(1-17,20-10)2-19-6/h3-4,6-7,10,17-18H,1-2H2,(H2,12,13,14)/t6?,7-,10+,11-/m0/s1. The summed E-state index contributed by atoms with van der Waals surface area (Å²) in [6, 6.07) is 0. The minimum absolute atomic E-state index is 0.162. The second-order valence-corrected chi connectivity index (χ2v) is 5.03. The van der Waals surface area contributed by atoms with Crippen molar-refractivity contribution in [3.05, 3.63) is 12.7 Å². The summed E-state index contributed by atoms with van der Waals surface area (Å²) >= 11 is 0. The maximum Gasteiger partial charge on any atom is 0.167 e.